The van der Waals surface area contributed by atoms with Crippen molar-refractivity contribution in [1.29, 1.82) is 0 Å². The summed E-state index contributed by atoms with van der Waals surface area (Å²) in [5.74, 6) is 0.351. The highest BCUT2D eigenvalue weighted by molar-refractivity contribution is 5.97. The number of carbonyl (C=O) groups is 2. The Bertz CT molecular complexity index is 505. The molecule has 116 valence electrons. The number of nitrogens with one attached hydrogen (secondary N) is 2. The van der Waals surface area contributed by atoms with Gasteiger partial charge in [0, 0.05) is 12.5 Å². The van der Waals surface area contributed by atoms with E-state index in [4.69, 9.17) is 5.73 Å². The minimum absolute atomic E-state index is 0.0136. The van der Waals surface area contributed by atoms with Crippen molar-refractivity contribution in [2.45, 2.75) is 26.7 Å². The molecule has 0 atom stereocenters. The van der Waals surface area contributed by atoms with Gasteiger partial charge in [-0.15, -0.1) is 0 Å². The average Bonchev–Trinajstić information content (AvgIpc) is 2.43. The van der Waals surface area contributed by atoms with Crippen molar-refractivity contribution in [1.82, 2.24) is 15.3 Å². The molecule has 8 heteroatoms. The van der Waals surface area contributed by atoms with E-state index in [1.807, 2.05) is 20.8 Å². The molecule has 0 aliphatic rings. The summed E-state index contributed by atoms with van der Waals surface area (Å²) in [6.45, 7) is 6.64. The van der Waals surface area contributed by atoms with E-state index >= 15 is 0 Å². The minimum atomic E-state index is -0.873. The highest BCUT2D eigenvalue weighted by Gasteiger charge is 2.16. The molecule has 0 saturated carbocycles. The van der Waals surface area contributed by atoms with Crippen molar-refractivity contribution in [2.24, 2.45) is 5.73 Å². The number of ether oxygens (including phenoxy) is 1. The van der Waals surface area contributed by atoms with Gasteiger partial charge in [-0.25, -0.2) is 14.8 Å². The number of nitrogens with zero attached hydrogens (tertiary/aromatic N) is 2. The van der Waals surface area contributed by atoms with Crippen LogP contribution in [0.25, 0.3) is 0 Å². The molecule has 1 aromatic rings. The number of hydrogen-bond donors (Lipinski definition) is 3. The largest absolute Gasteiger partial charge is 0.448 e. The zero-order chi connectivity index (χ0) is 15.8. The van der Waals surface area contributed by atoms with Gasteiger partial charge in [-0.2, -0.15) is 0 Å². The Balaban J connectivity index is 2.79. The SMILES string of the molecule is CCNc1cnc(C(C)C)nc1C(=O)NCCOC(N)=O. The minimum Gasteiger partial charge on any atom is -0.448 e. The highest BCUT2D eigenvalue weighted by atomic mass is 16.5. The lowest BCUT2D eigenvalue weighted by molar-refractivity contribution is 0.0932. The third-order valence-corrected chi connectivity index (χ3v) is 2.54. The predicted octanol–water partition coefficient (Wildman–Crippen LogP) is 0.857. The fourth-order valence-corrected chi connectivity index (χ4v) is 1.57. The summed E-state index contributed by atoms with van der Waals surface area (Å²) in [6.07, 6.45) is 0.724. The second kappa shape index (κ2) is 8.03. The van der Waals surface area contributed by atoms with Crippen LogP contribution in [-0.2, 0) is 4.74 Å². The van der Waals surface area contributed by atoms with Crippen molar-refractivity contribution in [3.63, 3.8) is 0 Å². The lowest BCUT2D eigenvalue weighted by atomic mass is 10.2. The monoisotopic (exact) mass is 295 g/mol. The van der Waals surface area contributed by atoms with Crippen LogP contribution < -0.4 is 16.4 Å². The van der Waals surface area contributed by atoms with Crippen molar-refractivity contribution < 1.29 is 14.3 Å². The van der Waals surface area contributed by atoms with Crippen molar-refractivity contribution in [2.75, 3.05) is 25.0 Å². The molecular formula is C13H21N5O3. The van der Waals surface area contributed by atoms with Crippen LogP contribution in [0.15, 0.2) is 6.20 Å². The van der Waals surface area contributed by atoms with Gasteiger partial charge in [0.25, 0.3) is 5.91 Å². The Morgan fingerprint density at radius 2 is 2.14 bits per heavy atom. The lowest BCUT2D eigenvalue weighted by Gasteiger charge is -2.12. The molecule has 1 aromatic heterocycles. The van der Waals surface area contributed by atoms with Crippen LogP contribution in [-0.4, -0.2) is 41.7 Å². The zero-order valence-electron chi connectivity index (χ0n) is 12.5. The lowest BCUT2D eigenvalue weighted by Crippen LogP contribution is -2.30. The molecule has 21 heavy (non-hydrogen) atoms. The number of aromatic nitrogens is 2. The molecule has 0 radical (unpaired) electrons. The van der Waals surface area contributed by atoms with Crippen LogP contribution in [0.1, 0.15) is 43.0 Å². The number of amides is 2. The molecule has 2 amide bonds. The summed E-state index contributed by atoms with van der Waals surface area (Å²) in [7, 11) is 0. The molecule has 0 fully saturated rings. The van der Waals surface area contributed by atoms with Gasteiger partial charge in [0.2, 0.25) is 0 Å². The van der Waals surface area contributed by atoms with Gasteiger partial charge >= 0.3 is 6.09 Å². The Hall–Kier alpha value is -2.38. The first-order valence-electron chi connectivity index (χ1n) is 6.77. The quantitative estimate of drug-likeness (QED) is 0.642. The van der Waals surface area contributed by atoms with E-state index in [1.165, 1.54) is 0 Å². The summed E-state index contributed by atoms with van der Waals surface area (Å²) in [5.41, 5.74) is 5.67. The second-order valence-corrected chi connectivity index (χ2v) is 4.60. The van der Waals surface area contributed by atoms with Crippen LogP contribution in [0.5, 0.6) is 0 Å². The number of rotatable bonds is 7. The molecule has 4 N–H and O–H groups in total. The van der Waals surface area contributed by atoms with Crippen LogP contribution in [0.2, 0.25) is 0 Å². The first kappa shape index (κ1) is 16.7. The molecule has 0 spiro atoms. The fourth-order valence-electron chi connectivity index (χ4n) is 1.57. The Kier molecular flexibility index (Phi) is 6.38. The second-order valence-electron chi connectivity index (χ2n) is 4.60. The van der Waals surface area contributed by atoms with Crippen LogP contribution in [0.4, 0.5) is 10.5 Å². The van der Waals surface area contributed by atoms with E-state index in [9.17, 15) is 9.59 Å². The maximum Gasteiger partial charge on any atom is 0.404 e. The molecule has 0 aromatic carbocycles. The summed E-state index contributed by atoms with van der Waals surface area (Å²) in [6, 6.07) is 0. The van der Waals surface area contributed by atoms with Crippen LogP contribution >= 0.6 is 0 Å². The predicted molar refractivity (Wildman–Crippen MR) is 78.2 cm³/mol. The van der Waals surface area contributed by atoms with Crippen LogP contribution in [0.3, 0.4) is 0 Å². The molecular weight excluding hydrogens is 274 g/mol. The van der Waals surface area contributed by atoms with E-state index < -0.39 is 6.09 Å². The first-order valence-corrected chi connectivity index (χ1v) is 6.77. The van der Waals surface area contributed by atoms with E-state index in [0.29, 0.717) is 18.1 Å². The summed E-state index contributed by atoms with van der Waals surface area (Å²) < 4.78 is 4.54. The van der Waals surface area contributed by atoms with Gasteiger partial charge in [0.05, 0.1) is 18.4 Å². The summed E-state index contributed by atoms with van der Waals surface area (Å²) in [4.78, 5) is 31.1. The summed E-state index contributed by atoms with van der Waals surface area (Å²) in [5, 5.41) is 5.66. The molecule has 0 bridgehead atoms. The third-order valence-electron chi connectivity index (χ3n) is 2.54. The van der Waals surface area contributed by atoms with Gasteiger partial charge in [0.15, 0.2) is 5.69 Å². The van der Waals surface area contributed by atoms with Gasteiger partial charge in [0.1, 0.15) is 12.4 Å². The van der Waals surface area contributed by atoms with E-state index in [2.05, 4.69) is 25.3 Å². The maximum absolute atomic E-state index is 12.1. The molecule has 0 aliphatic heterocycles. The standard InChI is InChI=1S/C13H21N5O3/c1-4-15-9-7-17-11(8(2)3)18-10(9)12(19)16-5-6-21-13(14)20/h7-8,15H,4-6H2,1-3H3,(H2,14,20)(H,16,19). The Labute approximate surface area is 123 Å². The smallest absolute Gasteiger partial charge is 0.404 e. The molecule has 0 aliphatic carbocycles. The molecule has 8 nitrogen and oxygen atoms in total. The number of anilines is 1. The number of carbonyl (C=O) groups excluding carboxylic acids is 2. The summed E-state index contributed by atoms with van der Waals surface area (Å²) >= 11 is 0. The van der Waals surface area contributed by atoms with Gasteiger partial charge < -0.3 is 21.1 Å². The zero-order valence-corrected chi connectivity index (χ0v) is 12.5. The molecule has 0 unspecified atom stereocenters. The van der Waals surface area contributed by atoms with E-state index in [1.54, 1.807) is 6.20 Å². The first-order chi connectivity index (χ1) is 9.95. The van der Waals surface area contributed by atoms with Crippen LogP contribution in [0, 0.1) is 0 Å². The Morgan fingerprint density at radius 3 is 2.71 bits per heavy atom. The van der Waals surface area contributed by atoms with E-state index in [0.717, 1.165) is 0 Å². The normalized spacial score (nSPS) is 10.3. The van der Waals surface area contributed by atoms with Crippen molar-refractivity contribution in [3.8, 4) is 0 Å². The molecule has 1 heterocycles. The average molecular weight is 295 g/mol. The maximum atomic E-state index is 12.1. The molecule has 0 saturated heterocycles. The Morgan fingerprint density at radius 1 is 1.43 bits per heavy atom. The fraction of sp³-hybridized carbons (Fsp3) is 0.538. The number of nitrogens with two attached hydrogens (primary N) is 1. The van der Waals surface area contributed by atoms with Crippen molar-refractivity contribution >= 4 is 17.7 Å². The van der Waals surface area contributed by atoms with Crippen molar-refractivity contribution in [3.05, 3.63) is 17.7 Å². The topological polar surface area (TPSA) is 119 Å². The van der Waals surface area contributed by atoms with Gasteiger partial charge in [-0.1, -0.05) is 13.8 Å². The van der Waals surface area contributed by atoms with E-state index in [-0.39, 0.29) is 30.7 Å². The van der Waals surface area contributed by atoms with Gasteiger partial charge in [-0.05, 0) is 6.92 Å². The number of primary amides is 1. The van der Waals surface area contributed by atoms with Gasteiger partial charge in [-0.3, -0.25) is 4.79 Å². The molecule has 1 rings (SSSR count). The number of hydrogen-bond acceptors (Lipinski definition) is 6. The third kappa shape index (κ3) is 5.25. The highest BCUT2D eigenvalue weighted by Crippen LogP contribution is 2.16.